The molecule has 0 saturated carbocycles. The minimum Gasteiger partial charge on any atom is -0.464 e. The second kappa shape index (κ2) is 5.28. The zero-order valence-electron chi connectivity index (χ0n) is 13.0. The van der Waals surface area contributed by atoms with E-state index in [0.29, 0.717) is 24.1 Å². The molecule has 1 atom stereocenters. The summed E-state index contributed by atoms with van der Waals surface area (Å²) in [5.41, 5.74) is -0.0396. The zero-order chi connectivity index (χ0) is 15.9. The van der Waals surface area contributed by atoms with Gasteiger partial charge in [-0.15, -0.1) is 0 Å². The van der Waals surface area contributed by atoms with Crippen LogP contribution < -0.4 is 5.56 Å². The van der Waals surface area contributed by atoms with Gasteiger partial charge in [0.05, 0.1) is 23.4 Å². The summed E-state index contributed by atoms with van der Waals surface area (Å²) in [6, 6.07) is 3.33. The standard InChI is InChI=1S/C16H20N2O4/c1-11-8-18(10-16(2,3)22-11)14(19)9-17-6-4-13-12(15(17)20)5-7-21-13/h4-7,11H,8-10H2,1-3H3. The number of amides is 1. The van der Waals surface area contributed by atoms with Crippen LogP contribution >= 0.6 is 0 Å². The summed E-state index contributed by atoms with van der Waals surface area (Å²) in [7, 11) is 0. The molecule has 6 heteroatoms. The van der Waals surface area contributed by atoms with Crippen LogP contribution in [0.1, 0.15) is 20.8 Å². The highest BCUT2D eigenvalue weighted by molar-refractivity contribution is 5.78. The number of pyridine rings is 1. The predicted molar refractivity (Wildman–Crippen MR) is 81.7 cm³/mol. The minimum atomic E-state index is -0.368. The number of furan rings is 1. The van der Waals surface area contributed by atoms with Crippen molar-refractivity contribution in [1.82, 2.24) is 9.47 Å². The van der Waals surface area contributed by atoms with E-state index in [1.807, 2.05) is 20.8 Å². The number of carbonyl (C=O) groups excluding carboxylic acids is 1. The summed E-state index contributed by atoms with van der Waals surface area (Å²) in [5.74, 6) is -0.0758. The Labute approximate surface area is 128 Å². The number of aromatic nitrogens is 1. The maximum absolute atomic E-state index is 12.5. The Balaban J connectivity index is 1.81. The van der Waals surface area contributed by atoms with Crippen LogP contribution in [0.4, 0.5) is 0 Å². The molecule has 1 aliphatic heterocycles. The molecule has 3 heterocycles. The number of fused-ring (bicyclic) bond motifs is 1. The van der Waals surface area contributed by atoms with E-state index in [-0.39, 0.29) is 29.7 Å². The van der Waals surface area contributed by atoms with Gasteiger partial charge in [0.2, 0.25) is 5.91 Å². The van der Waals surface area contributed by atoms with E-state index in [9.17, 15) is 9.59 Å². The second-order valence-corrected chi connectivity index (χ2v) is 6.41. The Morgan fingerprint density at radius 3 is 2.91 bits per heavy atom. The first-order chi connectivity index (χ1) is 10.4. The molecule has 22 heavy (non-hydrogen) atoms. The third kappa shape index (κ3) is 2.78. The number of carbonyl (C=O) groups is 1. The molecule has 1 aliphatic rings. The fourth-order valence-electron chi connectivity index (χ4n) is 3.02. The van der Waals surface area contributed by atoms with Crippen molar-refractivity contribution < 1.29 is 13.9 Å². The van der Waals surface area contributed by atoms with Gasteiger partial charge in [-0.05, 0) is 32.9 Å². The Bertz CT molecular complexity index is 759. The van der Waals surface area contributed by atoms with Crippen molar-refractivity contribution in [2.75, 3.05) is 13.1 Å². The van der Waals surface area contributed by atoms with Gasteiger partial charge in [0.15, 0.2) is 0 Å². The smallest absolute Gasteiger partial charge is 0.262 e. The van der Waals surface area contributed by atoms with Crippen LogP contribution in [-0.2, 0) is 16.1 Å². The summed E-state index contributed by atoms with van der Waals surface area (Å²) in [5, 5.41) is 0.492. The number of rotatable bonds is 2. The van der Waals surface area contributed by atoms with Crippen molar-refractivity contribution in [2.45, 2.75) is 39.0 Å². The summed E-state index contributed by atoms with van der Waals surface area (Å²) in [6.45, 7) is 6.98. The molecule has 1 amide bonds. The molecule has 0 N–H and O–H groups in total. The van der Waals surface area contributed by atoms with E-state index >= 15 is 0 Å². The summed E-state index contributed by atoms with van der Waals surface area (Å²) < 4.78 is 12.4. The lowest BCUT2D eigenvalue weighted by molar-refractivity contribution is -0.158. The first-order valence-electron chi connectivity index (χ1n) is 7.38. The number of ether oxygens (including phenoxy) is 1. The Kier molecular flexibility index (Phi) is 3.56. The molecule has 1 fully saturated rings. The lowest BCUT2D eigenvalue weighted by Gasteiger charge is -2.41. The van der Waals surface area contributed by atoms with E-state index in [2.05, 4.69) is 0 Å². The van der Waals surface area contributed by atoms with Crippen LogP contribution in [-0.4, -0.2) is 40.2 Å². The van der Waals surface area contributed by atoms with Crippen LogP contribution in [0.15, 0.2) is 33.8 Å². The lowest BCUT2D eigenvalue weighted by Crippen LogP contribution is -2.54. The SMILES string of the molecule is CC1CN(C(=O)Cn2ccc3occc3c2=O)CC(C)(C)O1. The molecule has 1 saturated heterocycles. The molecule has 0 radical (unpaired) electrons. The number of morpholine rings is 1. The van der Waals surface area contributed by atoms with Crippen molar-refractivity contribution >= 4 is 16.9 Å². The summed E-state index contributed by atoms with van der Waals surface area (Å²) in [6.07, 6.45) is 3.06. The van der Waals surface area contributed by atoms with E-state index in [1.54, 1.807) is 23.2 Å². The molecule has 1 unspecified atom stereocenters. The van der Waals surface area contributed by atoms with E-state index in [1.165, 1.54) is 10.8 Å². The first kappa shape index (κ1) is 14.8. The van der Waals surface area contributed by atoms with Crippen LogP contribution in [0, 0.1) is 0 Å². The lowest BCUT2D eigenvalue weighted by atomic mass is 10.1. The molecule has 0 aliphatic carbocycles. The summed E-state index contributed by atoms with van der Waals surface area (Å²) >= 11 is 0. The summed E-state index contributed by atoms with van der Waals surface area (Å²) in [4.78, 5) is 26.6. The van der Waals surface area contributed by atoms with Gasteiger partial charge in [-0.1, -0.05) is 0 Å². The topological polar surface area (TPSA) is 64.7 Å². The molecular weight excluding hydrogens is 284 g/mol. The third-order valence-electron chi connectivity index (χ3n) is 3.82. The van der Waals surface area contributed by atoms with Gasteiger partial charge in [0, 0.05) is 19.3 Å². The minimum absolute atomic E-state index is 0.0132. The average Bonchev–Trinajstić information content (AvgIpc) is 2.88. The fourth-order valence-corrected chi connectivity index (χ4v) is 3.02. The highest BCUT2D eigenvalue weighted by Gasteiger charge is 2.33. The van der Waals surface area contributed by atoms with Gasteiger partial charge in [-0.3, -0.25) is 9.59 Å². The van der Waals surface area contributed by atoms with E-state index in [0.717, 1.165) is 0 Å². The Morgan fingerprint density at radius 1 is 1.41 bits per heavy atom. The Morgan fingerprint density at radius 2 is 2.18 bits per heavy atom. The predicted octanol–water partition coefficient (Wildman–Crippen LogP) is 1.62. The maximum Gasteiger partial charge on any atom is 0.262 e. The van der Waals surface area contributed by atoms with Gasteiger partial charge in [0.1, 0.15) is 12.1 Å². The van der Waals surface area contributed by atoms with Crippen molar-refractivity contribution in [3.05, 3.63) is 34.9 Å². The fraction of sp³-hybridized carbons (Fsp3) is 0.500. The van der Waals surface area contributed by atoms with Crippen LogP contribution in [0.2, 0.25) is 0 Å². The quantitative estimate of drug-likeness (QED) is 0.845. The van der Waals surface area contributed by atoms with Gasteiger partial charge < -0.3 is 18.6 Å². The molecule has 2 aromatic rings. The molecule has 0 bridgehead atoms. The average molecular weight is 304 g/mol. The second-order valence-electron chi connectivity index (χ2n) is 6.41. The third-order valence-corrected chi connectivity index (χ3v) is 3.82. The van der Waals surface area contributed by atoms with Crippen LogP contribution in [0.25, 0.3) is 11.0 Å². The van der Waals surface area contributed by atoms with Crippen molar-refractivity contribution in [1.29, 1.82) is 0 Å². The highest BCUT2D eigenvalue weighted by Crippen LogP contribution is 2.21. The van der Waals surface area contributed by atoms with Gasteiger partial charge >= 0.3 is 0 Å². The molecule has 3 rings (SSSR count). The van der Waals surface area contributed by atoms with E-state index in [4.69, 9.17) is 9.15 Å². The number of nitrogens with zero attached hydrogens (tertiary/aromatic N) is 2. The normalized spacial score (nSPS) is 21.2. The molecule has 2 aromatic heterocycles. The molecule has 0 spiro atoms. The first-order valence-corrected chi connectivity index (χ1v) is 7.38. The van der Waals surface area contributed by atoms with Gasteiger partial charge in [0.25, 0.3) is 5.56 Å². The number of hydrogen-bond donors (Lipinski definition) is 0. The van der Waals surface area contributed by atoms with Crippen molar-refractivity contribution in [2.24, 2.45) is 0 Å². The zero-order valence-corrected chi connectivity index (χ0v) is 13.0. The van der Waals surface area contributed by atoms with Crippen LogP contribution in [0.5, 0.6) is 0 Å². The maximum atomic E-state index is 12.5. The molecular formula is C16H20N2O4. The van der Waals surface area contributed by atoms with Crippen molar-refractivity contribution in [3.8, 4) is 0 Å². The molecule has 118 valence electrons. The molecule has 0 aromatic carbocycles. The van der Waals surface area contributed by atoms with Gasteiger partial charge in [-0.25, -0.2) is 0 Å². The number of hydrogen-bond acceptors (Lipinski definition) is 4. The molecule has 6 nitrogen and oxygen atoms in total. The van der Waals surface area contributed by atoms with Crippen molar-refractivity contribution in [3.63, 3.8) is 0 Å². The largest absolute Gasteiger partial charge is 0.464 e. The van der Waals surface area contributed by atoms with E-state index < -0.39 is 0 Å². The Hall–Kier alpha value is -2.08. The highest BCUT2D eigenvalue weighted by atomic mass is 16.5. The van der Waals surface area contributed by atoms with Gasteiger partial charge in [-0.2, -0.15) is 0 Å². The van der Waals surface area contributed by atoms with Crippen LogP contribution in [0.3, 0.4) is 0 Å². The monoisotopic (exact) mass is 304 g/mol.